The van der Waals surface area contributed by atoms with E-state index in [-0.39, 0.29) is 29.8 Å². The van der Waals surface area contributed by atoms with Gasteiger partial charge in [-0.3, -0.25) is 0 Å². The summed E-state index contributed by atoms with van der Waals surface area (Å²) in [5, 5.41) is 2.05. The summed E-state index contributed by atoms with van der Waals surface area (Å²) in [5.41, 5.74) is 0.835. The van der Waals surface area contributed by atoms with Crippen molar-refractivity contribution >= 4 is 21.4 Å². The fourth-order valence-electron chi connectivity index (χ4n) is 4.05. The Hall–Kier alpha value is -2.59. The first-order chi connectivity index (χ1) is 17.0. The van der Waals surface area contributed by atoms with Gasteiger partial charge in [0, 0.05) is 37.1 Å². The average molecular weight is 518 g/mol. The third kappa shape index (κ3) is 6.55. The van der Waals surface area contributed by atoms with E-state index in [1.54, 1.807) is 23.5 Å². The maximum Gasteiger partial charge on any atom is 0.247 e. The molecule has 35 heavy (non-hydrogen) atoms. The average Bonchev–Trinajstić information content (AvgIpc) is 3.58. The van der Waals surface area contributed by atoms with Crippen LogP contribution in [0, 0.1) is 0 Å². The SMILES string of the molecule is COc1ccc(OC)c(S(=O)(=O)N(Cc2cccc(OCCc3cccs3)c2)C[C@@H]2CCCO2)c1. The molecular weight excluding hydrogens is 486 g/mol. The van der Waals surface area contributed by atoms with E-state index in [1.165, 1.54) is 29.5 Å². The Bertz CT molecular complexity index is 1190. The highest BCUT2D eigenvalue weighted by Gasteiger charge is 2.32. The highest BCUT2D eigenvalue weighted by molar-refractivity contribution is 7.89. The number of sulfonamides is 1. The van der Waals surface area contributed by atoms with Gasteiger partial charge in [-0.2, -0.15) is 4.31 Å². The van der Waals surface area contributed by atoms with Crippen molar-refractivity contribution in [2.45, 2.75) is 36.8 Å². The highest BCUT2D eigenvalue weighted by atomic mass is 32.2. The molecule has 0 unspecified atom stereocenters. The second-order valence-corrected chi connectivity index (χ2v) is 11.2. The van der Waals surface area contributed by atoms with Crippen molar-refractivity contribution in [1.29, 1.82) is 0 Å². The molecule has 1 fully saturated rings. The van der Waals surface area contributed by atoms with E-state index in [2.05, 4.69) is 11.4 Å². The zero-order valence-electron chi connectivity index (χ0n) is 20.0. The first kappa shape index (κ1) is 25.5. The quantitative estimate of drug-likeness (QED) is 0.345. The molecule has 1 atom stereocenters. The molecule has 0 radical (unpaired) electrons. The van der Waals surface area contributed by atoms with E-state index < -0.39 is 10.0 Å². The van der Waals surface area contributed by atoms with Crippen LogP contribution in [0.3, 0.4) is 0 Å². The summed E-state index contributed by atoms with van der Waals surface area (Å²) in [6.45, 7) is 1.65. The van der Waals surface area contributed by atoms with Crippen LogP contribution in [-0.4, -0.2) is 52.8 Å². The van der Waals surface area contributed by atoms with Crippen LogP contribution in [0.2, 0.25) is 0 Å². The highest BCUT2D eigenvalue weighted by Crippen LogP contribution is 2.32. The molecule has 0 spiro atoms. The predicted octanol–water partition coefficient (Wildman–Crippen LogP) is 4.76. The monoisotopic (exact) mass is 517 g/mol. The maximum atomic E-state index is 13.9. The lowest BCUT2D eigenvalue weighted by Crippen LogP contribution is -2.37. The molecule has 1 saturated heterocycles. The molecule has 1 aromatic heterocycles. The van der Waals surface area contributed by atoms with Gasteiger partial charge in [0.05, 0.1) is 26.9 Å². The number of rotatable bonds is 12. The van der Waals surface area contributed by atoms with Crippen molar-refractivity contribution in [3.05, 3.63) is 70.4 Å². The number of methoxy groups -OCH3 is 2. The number of ether oxygens (including phenoxy) is 4. The van der Waals surface area contributed by atoms with Crippen molar-refractivity contribution in [1.82, 2.24) is 4.31 Å². The standard InChI is InChI=1S/C26H31NO6S2/c1-30-21-10-11-25(31-2)26(17-21)35(28,29)27(19-23-8-4-13-32-23)18-20-6-3-7-22(16-20)33-14-12-24-9-5-15-34-24/h3,5-7,9-11,15-17,23H,4,8,12-14,18-19H2,1-2H3/t23-/m0/s1. The number of nitrogens with zero attached hydrogens (tertiary/aromatic N) is 1. The summed E-state index contributed by atoms with van der Waals surface area (Å²) in [4.78, 5) is 1.34. The molecule has 188 valence electrons. The Balaban J connectivity index is 1.56. The van der Waals surface area contributed by atoms with E-state index in [9.17, 15) is 8.42 Å². The van der Waals surface area contributed by atoms with Crippen LogP contribution in [0.15, 0.2) is 64.9 Å². The normalized spacial score (nSPS) is 15.9. The van der Waals surface area contributed by atoms with Crippen LogP contribution in [0.25, 0.3) is 0 Å². The molecular formula is C26H31NO6S2. The predicted molar refractivity (Wildman–Crippen MR) is 136 cm³/mol. The van der Waals surface area contributed by atoms with Gasteiger partial charge in [0.1, 0.15) is 22.1 Å². The lowest BCUT2D eigenvalue weighted by Gasteiger charge is -2.26. The minimum absolute atomic E-state index is 0.0701. The van der Waals surface area contributed by atoms with Crippen LogP contribution in [0.5, 0.6) is 17.2 Å². The molecule has 1 aliphatic rings. The van der Waals surface area contributed by atoms with Gasteiger partial charge in [-0.1, -0.05) is 18.2 Å². The molecule has 3 aromatic rings. The zero-order chi connectivity index (χ0) is 24.7. The van der Waals surface area contributed by atoms with E-state index in [0.717, 1.165) is 24.8 Å². The molecule has 0 amide bonds. The lowest BCUT2D eigenvalue weighted by molar-refractivity contribution is 0.0925. The zero-order valence-corrected chi connectivity index (χ0v) is 21.6. The molecule has 9 heteroatoms. The van der Waals surface area contributed by atoms with Crippen LogP contribution in [0.4, 0.5) is 0 Å². The summed E-state index contributed by atoms with van der Waals surface area (Å²) in [7, 11) is -0.946. The van der Waals surface area contributed by atoms with Gasteiger partial charge in [-0.05, 0) is 54.1 Å². The van der Waals surface area contributed by atoms with E-state index in [0.29, 0.717) is 24.7 Å². The van der Waals surface area contributed by atoms with Crippen molar-refractivity contribution < 1.29 is 27.4 Å². The fourth-order valence-corrected chi connectivity index (χ4v) is 6.37. The summed E-state index contributed by atoms with van der Waals surface area (Å²) in [6, 6.07) is 16.5. The van der Waals surface area contributed by atoms with Gasteiger partial charge < -0.3 is 18.9 Å². The number of hydrogen-bond acceptors (Lipinski definition) is 7. The summed E-state index contributed by atoms with van der Waals surface area (Å²) in [5.74, 6) is 1.43. The molecule has 0 N–H and O–H groups in total. The van der Waals surface area contributed by atoms with Crippen molar-refractivity contribution in [3.63, 3.8) is 0 Å². The molecule has 2 heterocycles. The lowest BCUT2D eigenvalue weighted by atomic mass is 10.2. The summed E-state index contributed by atoms with van der Waals surface area (Å²) >= 11 is 1.71. The van der Waals surface area contributed by atoms with E-state index in [4.69, 9.17) is 18.9 Å². The summed E-state index contributed by atoms with van der Waals surface area (Å²) < 4.78 is 51.6. The van der Waals surface area contributed by atoms with Crippen LogP contribution in [0.1, 0.15) is 23.3 Å². The minimum Gasteiger partial charge on any atom is -0.497 e. The van der Waals surface area contributed by atoms with Crippen molar-refractivity contribution in [3.8, 4) is 17.2 Å². The largest absolute Gasteiger partial charge is 0.497 e. The Kier molecular flexibility index (Phi) is 8.67. The van der Waals surface area contributed by atoms with Crippen LogP contribution >= 0.6 is 11.3 Å². The smallest absolute Gasteiger partial charge is 0.247 e. The van der Waals surface area contributed by atoms with Gasteiger partial charge in [-0.15, -0.1) is 11.3 Å². The van der Waals surface area contributed by atoms with E-state index in [1.807, 2.05) is 30.3 Å². The minimum atomic E-state index is -3.91. The second kappa shape index (κ2) is 11.9. The second-order valence-electron chi connectivity index (χ2n) is 8.27. The topological polar surface area (TPSA) is 74.3 Å². The Labute approximate surface area is 211 Å². The number of hydrogen-bond donors (Lipinski definition) is 0. The first-order valence-electron chi connectivity index (χ1n) is 11.6. The first-order valence-corrected chi connectivity index (χ1v) is 13.9. The summed E-state index contributed by atoms with van der Waals surface area (Å²) in [6.07, 6.45) is 2.44. The third-order valence-electron chi connectivity index (χ3n) is 5.87. The van der Waals surface area contributed by atoms with Crippen LogP contribution in [-0.2, 0) is 27.7 Å². The Morgan fingerprint density at radius 2 is 1.94 bits per heavy atom. The molecule has 1 aliphatic heterocycles. The Morgan fingerprint density at radius 1 is 1.06 bits per heavy atom. The number of benzene rings is 2. The Morgan fingerprint density at radius 3 is 2.66 bits per heavy atom. The van der Waals surface area contributed by atoms with Gasteiger partial charge in [0.15, 0.2) is 0 Å². The fraction of sp³-hybridized carbons (Fsp3) is 0.385. The van der Waals surface area contributed by atoms with E-state index >= 15 is 0 Å². The van der Waals surface area contributed by atoms with Gasteiger partial charge in [0.25, 0.3) is 0 Å². The van der Waals surface area contributed by atoms with Crippen LogP contribution < -0.4 is 14.2 Å². The van der Waals surface area contributed by atoms with Gasteiger partial charge >= 0.3 is 0 Å². The third-order valence-corrected chi connectivity index (χ3v) is 8.64. The van der Waals surface area contributed by atoms with Gasteiger partial charge in [-0.25, -0.2) is 8.42 Å². The molecule has 0 aliphatic carbocycles. The molecule has 0 saturated carbocycles. The molecule has 2 aromatic carbocycles. The molecule has 7 nitrogen and oxygen atoms in total. The number of thiophene rings is 1. The molecule has 4 rings (SSSR count). The molecule has 0 bridgehead atoms. The van der Waals surface area contributed by atoms with Crippen molar-refractivity contribution in [2.24, 2.45) is 0 Å². The maximum absolute atomic E-state index is 13.9. The van der Waals surface area contributed by atoms with Crippen molar-refractivity contribution in [2.75, 3.05) is 34.0 Å². The van der Waals surface area contributed by atoms with Gasteiger partial charge in [0.2, 0.25) is 10.0 Å².